The lowest BCUT2D eigenvalue weighted by Gasteiger charge is -2.24. The van der Waals surface area contributed by atoms with Crippen molar-refractivity contribution >= 4 is 5.91 Å². The Morgan fingerprint density at radius 3 is 2.88 bits per heavy atom. The molecule has 92 valence electrons. The van der Waals surface area contributed by atoms with Gasteiger partial charge in [-0.15, -0.1) is 0 Å². The first-order valence-corrected chi connectivity index (χ1v) is 6.37. The number of carbonyl (C=O) groups excluding carboxylic acids is 1. The third-order valence-corrected chi connectivity index (χ3v) is 3.73. The molecule has 2 heterocycles. The van der Waals surface area contributed by atoms with Crippen LogP contribution < -0.4 is 5.32 Å². The number of nitrogens with zero attached hydrogens (tertiary/aromatic N) is 1. The number of hydrogen-bond acceptors (Lipinski definition) is 3. The van der Waals surface area contributed by atoms with Gasteiger partial charge in [0.25, 0.3) is 0 Å². The Morgan fingerprint density at radius 1 is 1.38 bits per heavy atom. The number of aliphatic hydroxyl groups is 1. The van der Waals surface area contributed by atoms with Crippen LogP contribution in [0.4, 0.5) is 0 Å². The molecule has 2 fully saturated rings. The Kier molecular flexibility index (Phi) is 3.82. The second kappa shape index (κ2) is 5.15. The molecule has 2 aliphatic heterocycles. The van der Waals surface area contributed by atoms with Crippen molar-refractivity contribution in [1.82, 2.24) is 10.2 Å². The van der Waals surface area contributed by atoms with Crippen molar-refractivity contribution in [2.45, 2.75) is 44.8 Å². The van der Waals surface area contributed by atoms with Gasteiger partial charge in [-0.05, 0) is 31.6 Å². The lowest BCUT2D eigenvalue weighted by molar-refractivity contribution is -0.133. The summed E-state index contributed by atoms with van der Waals surface area (Å²) in [4.78, 5) is 14.1. The Bertz CT molecular complexity index is 257. The average molecular weight is 226 g/mol. The fourth-order valence-corrected chi connectivity index (χ4v) is 2.61. The van der Waals surface area contributed by atoms with Gasteiger partial charge in [0, 0.05) is 19.6 Å². The summed E-state index contributed by atoms with van der Waals surface area (Å²) in [6.45, 7) is 4.58. The van der Waals surface area contributed by atoms with E-state index in [2.05, 4.69) is 12.2 Å². The minimum Gasteiger partial charge on any atom is -0.392 e. The zero-order valence-corrected chi connectivity index (χ0v) is 9.98. The lowest BCUT2D eigenvalue weighted by Crippen LogP contribution is -2.44. The summed E-state index contributed by atoms with van der Waals surface area (Å²) in [5.74, 6) is 0.922. The van der Waals surface area contributed by atoms with Crippen molar-refractivity contribution < 1.29 is 9.90 Å². The zero-order chi connectivity index (χ0) is 11.5. The quantitative estimate of drug-likeness (QED) is 0.678. The van der Waals surface area contributed by atoms with Crippen LogP contribution in [0, 0.1) is 5.92 Å². The molecule has 2 aliphatic rings. The molecule has 3 unspecified atom stereocenters. The molecule has 2 saturated heterocycles. The Hall–Kier alpha value is -0.610. The van der Waals surface area contributed by atoms with Crippen LogP contribution >= 0.6 is 0 Å². The molecular formula is C12H22N2O2. The van der Waals surface area contributed by atoms with Crippen LogP contribution in [-0.2, 0) is 4.79 Å². The van der Waals surface area contributed by atoms with Gasteiger partial charge in [-0.3, -0.25) is 4.79 Å². The third kappa shape index (κ3) is 2.74. The van der Waals surface area contributed by atoms with Gasteiger partial charge in [-0.2, -0.15) is 0 Å². The number of hydrogen-bond donors (Lipinski definition) is 2. The van der Waals surface area contributed by atoms with Gasteiger partial charge >= 0.3 is 0 Å². The Balaban J connectivity index is 1.88. The van der Waals surface area contributed by atoms with Crippen LogP contribution in [0.25, 0.3) is 0 Å². The molecule has 2 rings (SSSR count). The summed E-state index contributed by atoms with van der Waals surface area (Å²) in [5, 5.41) is 12.5. The number of aliphatic hydroxyl groups excluding tert-OH is 1. The summed E-state index contributed by atoms with van der Waals surface area (Å²) in [6.07, 6.45) is 3.68. The predicted molar refractivity (Wildman–Crippen MR) is 62.0 cm³/mol. The molecule has 0 bridgehead atoms. The molecule has 0 aromatic rings. The molecule has 0 radical (unpaired) electrons. The first-order chi connectivity index (χ1) is 7.66. The largest absolute Gasteiger partial charge is 0.392 e. The fourth-order valence-electron chi connectivity index (χ4n) is 2.61. The monoisotopic (exact) mass is 226 g/mol. The number of nitrogens with one attached hydrogen (secondary N) is 1. The van der Waals surface area contributed by atoms with Crippen LogP contribution in [0.2, 0.25) is 0 Å². The van der Waals surface area contributed by atoms with Gasteiger partial charge in [0.05, 0.1) is 12.1 Å². The minimum absolute atomic E-state index is 0.150. The van der Waals surface area contributed by atoms with Crippen molar-refractivity contribution in [3.63, 3.8) is 0 Å². The first kappa shape index (κ1) is 11.9. The molecule has 4 heteroatoms. The van der Waals surface area contributed by atoms with E-state index in [0.717, 1.165) is 31.8 Å². The first-order valence-electron chi connectivity index (χ1n) is 6.37. The van der Waals surface area contributed by atoms with E-state index in [0.29, 0.717) is 13.0 Å². The van der Waals surface area contributed by atoms with E-state index in [1.54, 1.807) is 0 Å². The third-order valence-electron chi connectivity index (χ3n) is 3.73. The molecule has 0 spiro atoms. The van der Waals surface area contributed by atoms with Crippen LogP contribution in [-0.4, -0.2) is 47.7 Å². The van der Waals surface area contributed by atoms with Crippen molar-refractivity contribution in [3.05, 3.63) is 0 Å². The summed E-state index contributed by atoms with van der Waals surface area (Å²) in [5.41, 5.74) is 0. The van der Waals surface area contributed by atoms with Gasteiger partial charge in [-0.1, -0.05) is 6.92 Å². The molecule has 2 N–H and O–H groups in total. The van der Waals surface area contributed by atoms with Gasteiger partial charge in [-0.25, -0.2) is 0 Å². The summed E-state index contributed by atoms with van der Waals surface area (Å²) in [6, 6.07) is -0.150. The zero-order valence-electron chi connectivity index (χ0n) is 9.98. The highest BCUT2D eigenvalue weighted by Crippen LogP contribution is 2.18. The van der Waals surface area contributed by atoms with Gasteiger partial charge in [0.2, 0.25) is 5.91 Å². The van der Waals surface area contributed by atoms with Crippen molar-refractivity contribution in [2.75, 3.05) is 19.6 Å². The second-order valence-electron chi connectivity index (χ2n) is 5.21. The van der Waals surface area contributed by atoms with E-state index in [9.17, 15) is 9.90 Å². The molecule has 0 aromatic heterocycles. The maximum Gasteiger partial charge on any atom is 0.239 e. The van der Waals surface area contributed by atoms with E-state index in [-0.39, 0.29) is 18.1 Å². The number of amides is 1. The van der Waals surface area contributed by atoms with Gasteiger partial charge in [0.1, 0.15) is 0 Å². The van der Waals surface area contributed by atoms with E-state index >= 15 is 0 Å². The standard InChI is InChI=1S/C12H22N2O2/c1-9-3-2-5-14(6-4-9)12(16)11-7-10(15)8-13-11/h9-11,13,15H,2-8H2,1H3. The lowest BCUT2D eigenvalue weighted by atomic mass is 10.0. The highest BCUT2D eigenvalue weighted by Gasteiger charge is 2.31. The van der Waals surface area contributed by atoms with Crippen molar-refractivity contribution in [1.29, 1.82) is 0 Å². The summed E-state index contributed by atoms with van der Waals surface area (Å²) >= 11 is 0. The van der Waals surface area contributed by atoms with Gasteiger partial charge < -0.3 is 15.3 Å². The second-order valence-corrected chi connectivity index (χ2v) is 5.21. The number of likely N-dealkylation sites (tertiary alicyclic amines) is 1. The molecule has 4 nitrogen and oxygen atoms in total. The van der Waals surface area contributed by atoms with Crippen LogP contribution in [0.5, 0.6) is 0 Å². The molecule has 0 aromatic carbocycles. The maximum atomic E-state index is 12.2. The number of β-amino-alcohol motifs (C(OH)–C–C–N with tert-alkyl or cyclic N) is 1. The highest BCUT2D eigenvalue weighted by molar-refractivity contribution is 5.82. The molecule has 0 saturated carbocycles. The van der Waals surface area contributed by atoms with E-state index in [1.165, 1.54) is 6.42 Å². The van der Waals surface area contributed by atoms with Crippen LogP contribution in [0.1, 0.15) is 32.6 Å². The normalized spacial score (nSPS) is 36.1. The highest BCUT2D eigenvalue weighted by atomic mass is 16.3. The van der Waals surface area contributed by atoms with Crippen LogP contribution in [0.15, 0.2) is 0 Å². The summed E-state index contributed by atoms with van der Waals surface area (Å²) < 4.78 is 0. The Morgan fingerprint density at radius 2 is 2.19 bits per heavy atom. The number of rotatable bonds is 1. The topological polar surface area (TPSA) is 52.6 Å². The van der Waals surface area contributed by atoms with Crippen molar-refractivity contribution in [3.8, 4) is 0 Å². The van der Waals surface area contributed by atoms with Crippen LogP contribution in [0.3, 0.4) is 0 Å². The van der Waals surface area contributed by atoms with E-state index in [4.69, 9.17) is 0 Å². The molecule has 16 heavy (non-hydrogen) atoms. The molecule has 3 atom stereocenters. The van der Waals surface area contributed by atoms with E-state index in [1.807, 2.05) is 4.90 Å². The smallest absolute Gasteiger partial charge is 0.239 e. The molecular weight excluding hydrogens is 204 g/mol. The molecule has 0 aliphatic carbocycles. The maximum absolute atomic E-state index is 12.2. The average Bonchev–Trinajstić information content (AvgIpc) is 2.57. The van der Waals surface area contributed by atoms with E-state index < -0.39 is 0 Å². The van der Waals surface area contributed by atoms with Gasteiger partial charge in [0.15, 0.2) is 0 Å². The van der Waals surface area contributed by atoms with Crippen molar-refractivity contribution in [2.24, 2.45) is 5.92 Å². The fraction of sp³-hybridized carbons (Fsp3) is 0.917. The number of carbonyl (C=O) groups is 1. The SMILES string of the molecule is CC1CCCN(C(=O)C2CC(O)CN2)CC1. The minimum atomic E-state index is -0.347. The summed E-state index contributed by atoms with van der Waals surface area (Å²) in [7, 11) is 0. The predicted octanol–water partition coefficient (Wildman–Crippen LogP) is 0.358. The molecule has 1 amide bonds. The Labute approximate surface area is 97.0 Å².